The molecule has 1 saturated carbocycles. The van der Waals surface area contributed by atoms with Gasteiger partial charge in [0.15, 0.2) is 0 Å². The summed E-state index contributed by atoms with van der Waals surface area (Å²) in [6.07, 6.45) is 5.47. The normalized spacial score (nSPS) is 19.9. The van der Waals surface area contributed by atoms with Gasteiger partial charge in [0, 0.05) is 19.0 Å². The minimum absolute atomic E-state index is 0.00335. The molecule has 1 N–H and O–H groups in total. The Hall–Kier alpha value is -2.25. The molecule has 2 aromatic rings. The van der Waals surface area contributed by atoms with Gasteiger partial charge in [-0.25, -0.2) is 12.8 Å². The van der Waals surface area contributed by atoms with Crippen molar-refractivity contribution in [2.75, 3.05) is 13.1 Å². The first-order valence-electron chi connectivity index (χ1n) is 11.1. The van der Waals surface area contributed by atoms with Gasteiger partial charge in [0.1, 0.15) is 10.7 Å². The number of benzene rings is 2. The average Bonchev–Trinajstić information content (AvgIpc) is 3.33. The second-order valence-corrected chi connectivity index (χ2v) is 10.5. The molecule has 1 aliphatic carbocycles. The third-order valence-corrected chi connectivity index (χ3v) is 8.54. The van der Waals surface area contributed by atoms with Crippen molar-refractivity contribution in [3.63, 3.8) is 0 Å². The Kier molecular flexibility index (Phi) is 6.72. The largest absolute Gasteiger partial charge is 0.349 e. The molecule has 7 heteroatoms. The summed E-state index contributed by atoms with van der Waals surface area (Å²) >= 11 is 0. The molecule has 31 heavy (non-hydrogen) atoms. The van der Waals surface area contributed by atoms with Gasteiger partial charge in [-0.2, -0.15) is 4.31 Å². The molecule has 2 aromatic carbocycles. The predicted octanol–water partition coefficient (Wildman–Crippen LogP) is 4.27. The second kappa shape index (κ2) is 9.49. The van der Waals surface area contributed by atoms with Crippen molar-refractivity contribution < 1.29 is 17.6 Å². The lowest BCUT2D eigenvalue weighted by Gasteiger charge is -2.32. The topological polar surface area (TPSA) is 66.5 Å². The van der Waals surface area contributed by atoms with E-state index in [0.717, 1.165) is 24.5 Å². The lowest BCUT2D eigenvalue weighted by molar-refractivity contribution is -0.127. The van der Waals surface area contributed by atoms with E-state index in [9.17, 15) is 17.6 Å². The van der Waals surface area contributed by atoms with E-state index in [-0.39, 0.29) is 35.9 Å². The molecule has 4 rings (SSSR count). The Balaban J connectivity index is 1.41. The van der Waals surface area contributed by atoms with Crippen LogP contribution in [-0.4, -0.2) is 31.7 Å². The number of hydrogen-bond acceptors (Lipinski definition) is 3. The summed E-state index contributed by atoms with van der Waals surface area (Å²) in [5.74, 6) is -0.555. The number of nitrogens with zero attached hydrogens (tertiary/aromatic N) is 1. The zero-order valence-electron chi connectivity index (χ0n) is 17.5. The van der Waals surface area contributed by atoms with Gasteiger partial charge in [-0.1, -0.05) is 55.3 Å². The molecule has 2 aliphatic rings. The highest BCUT2D eigenvalue weighted by Gasteiger charge is 2.35. The quantitative estimate of drug-likeness (QED) is 0.723. The number of piperidine rings is 1. The first kappa shape index (κ1) is 22.0. The van der Waals surface area contributed by atoms with Crippen LogP contribution in [-0.2, 0) is 14.8 Å². The molecule has 166 valence electrons. The number of nitrogens with one attached hydrogen (secondary N) is 1. The van der Waals surface area contributed by atoms with Crippen LogP contribution < -0.4 is 5.32 Å². The van der Waals surface area contributed by atoms with Crippen LogP contribution in [0.15, 0.2) is 59.5 Å². The summed E-state index contributed by atoms with van der Waals surface area (Å²) in [6, 6.07) is 15.5. The van der Waals surface area contributed by atoms with Gasteiger partial charge in [0.25, 0.3) is 0 Å². The molecular weight excluding hydrogens is 415 g/mol. The van der Waals surface area contributed by atoms with Crippen LogP contribution in [0.25, 0.3) is 0 Å². The van der Waals surface area contributed by atoms with Crippen molar-refractivity contribution in [3.05, 3.63) is 66.0 Å². The van der Waals surface area contributed by atoms with Gasteiger partial charge in [0.2, 0.25) is 15.9 Å². The molecule has 1 atom stereocenters. The maximum atomic E-state index is 14.0. The molecule has 1 saturated heterocycles. The van der Waals surface area contributed by atoms with Gasteiger partial charge in [-0.05, 0) is 49.3 Å². The highest BCUT2D eigenvalue weighted by Crippen LogP contribution is 2.36. The number of sulfonamides is 1. The van der Waals surface area contributed by atoms with Crippen LogP contribution in [0.5, 0.6) is 0 Å². The van der Waals surface area contributed by atoms with E-state index in [1.54, 1.807) is 0 Å². The molecule has 1 amide bonds. The van der Waals surface area contributed by atoms with Crippen molar-refractivity contribution in [2.24, 2.45) is 11.8 Å². The van der Waals surface area contributed by atoms with Gasteiger partial charge < -0.3 is 5.32 Å². The smallest absolute Gasteiger partial charge is 0.245 e. The van der Waals surface area contributed by atoms with Crippen LogP contribution in [0.4, 0.5) is 4.39 Å². The number of halogens is 1. The Morgan fingerprint density at radius 3 is 2.19 bits per heavy atom. The fraction of sp³-hybridized carbons (Fsp3) is 0.458. The fourth-order valence-electron chi connectivity index (χ4n) is 4.85. The van der Waals surface area contributed by atoms with Crippen LogP contribution in [0.1, 0.15) is 50.1 Å². The van der Waals surface area contributed by atoms with E-state index in [1.807, 2.05) is 18.2 Å². The number of hydrogen-bond donors (Lipinski definition) is 1. The van der Waals surface area contributed by atoms with Crippen LogP contribution >= 0.6 is 0 Å². The van der Waals surface area contributed by atoms with Crippen LogP contribution in [0.3, 0.4) is 0 Å². The Labute approximate surface area is 183 Å². The maximum absolute atomic E-state index is 14.0. The van der Waals surface area contributed by atoms with E-state index in [2.05, 4.69) is 17.4 Å². The second-order valence-electron chi connectivity index (χ2n) is 8.55. The van der Waals surface area contributed by atoms with Crippen molar-refractivity contribution in [2.45, 2.75) is 49.5 Å². The molecule has 1 unspecified atom stereocenters. The lowest BCUT2D eigenvalue weighted by atomic mass is 9.90. The summed E-state index contributed by atoms with van der Waals surface area (Å²) in [7, 11) is -3.89. The fourth-order valence-corrected chi connectivity index (χ4v) is 6.38. The van der Waals surface area contributed by atoms with E-state index < -0.39 is 15.8 Å². The van der Waals surface area contributed by atoms with Crippen molar-refractivity contribution >= 4 is 15.9 Å². The predicted molar refractivity (Wildman–Crippen MR) is 117 cm³/mol. The third kappa shape index (κ3) is 4.83. The zero-order chi connectivity index (χ0) is 21.8. The third-order valence-electron chi connectivity index (χ3n) is 6.61. The Morgan fingerprint density at radius 1 is 0.935 bits per heavy atom. The van der Waals surface area contributed by atoms with E-state index >= 15 is 0 Å². The summed E-state index contributed by atoms with van der Waals surface area (Å²) in [6.45, 7) is 0.433. The van der Waals surface area contributed by atoms with Gasteiger partial charge in [-0.3, -0.25) is 4.79 Å². The standard InChI is InChI=1S/C24H29FN2O3S/c25-21-12-6-7-13-22(21)31(29,30)27-16-14-20(15-17-27)24(28)26-23(19-10-4-5-11-19)18-8-2-1-3-9-18/h1-3,6-9,12-13,19-20,23H,4-5,10-11,14-17H2,(H,26,28). The molecule has 0 spiro atoms. The summed E-state index contributed by atoms with van der Waals surface area (Å²) in [5.41, 5.74) is 1.13. The summed E-state index contributed by atoms with van der Waals surface area (Å²) in [4.78, 5) is 12.8. The lowest BCUT2D eigenvalue weighted by Crippen LogP contribution is -2.44. The first-order chi connectivity index (χ1) is 15.0. The molecule has 0 radical (unpaired) electrons. The molecule has 0 bridgehead atoms. The molecule has 1 heterocycles. The first-order valence-corrected chi connectivity index (χ1v) is 12.5. The molecule has 1 aliphatic heterocycles. The Bertz CT molecular complexity index is 998. The molecule has 0 aromatic heterocycles. The minimum Gasteiger partial charge on any atom is -0.349 e. The van der Waals surface area contributed by atoms with Crippen molar-refractivity contribution in [1.29, 1.82) is 0 Å². The maximum Gasteiger partial charge on any atom is 0.245 e. The van der Waals surface area contributed by atoms with Crippen molar-refractivity contribution in [3.8, 4) is 0 Å². The van der Waals surface area contributed by atoms with Gasteiger partial charge in [-0.15, -0.1) is 0 Å². The number of amides is 1. The number of carbonyl (C=O) groups excluding carboxylic acids is 1. The van der Waals surface area contributed by atoms with Crippen LogP contribution in [0.2, 0.25) is 0 Å². The summed E-state index contributed by atoms with van der Waals surface area (Å²) in [5, 5.41) is 3.27. The van der Waals surface area contributed by atoms with E-state index in [1.165, 1.54) is 35.3 Å². The number of carbonyl (C=O) groups is 1. The Morgan fingerprint density at radius 2 is 1.55 bits per heavy atom. The average molecular weight is 445 g/mol. The number of rotatable bonds is 6. The molecule has 2 fully saturated rings. The zero-order valence-corrected chi connectivity index (χ0v) is 18.4. The van der Waals surface area contributed by atoms with Crippen molar-refractivity contribution in [1.82, 2.24) is 9.62 Å². The highest BCUT2D eigenvalue weighted by atomic mass is 32.2. The minimum atomic E-state index is -3.89. The van der Waals surface area contributed by atoms with E-state index in [0.29, 0.717) is 18.8 Å². The molecule has 5 nitrogen and oxygen atoms in total. The van der Waals surface area contributed by atoms with Crippen LogP contribution in [0, 0.1) is 17.7 Å². The van der Waals surface area contributed by atoms with E-state index in [4.69, 9.17) is 0 Å². The highest BCUT2D eigenvalue weighted by molar-refractivity contribution is 7.89. The van der Waals surface area contributed by atoms with Gasteiger partial charge >= 0.3 is 0 Å². The molecular formula is C24H29FN2O3S. The summed E-state index contributed by atoms with van der Waals surface area (Å²) < 4.78 is 40.9. The SMILES string of the molecule is O=C(NC(c1ccccc1)C1CCCC1)C1CCN(S(=O)(=O)c2ccccc2F)CC1. The van der Waals surface area contributed by atoms with Gasteiger partial charge in [0.05, 0.1) is 6.04 Å². The monoisotopic (exact) mass is 444 g/mol.